The van der Waals surface area contributed by atoms with Gasteiger partial charge in [-0.05, 0) is 265 Å². The molecule has 0 aromatic heterocycles. The molecule has 0 aliphatic heterocycles. The van der Waals surface area contributed by atoms with Crippen molar-refractivity contribution in [3.8, 4) is 110 Å². The summed E-state index contributed by atoms with van der Waals surface area (Å²) >= 11 is 0. The van der Waals surface area contributed by atoms with Crippen molar-refractivity contribution in [1.82, 2.24) is 0 Å². The Bertz CT molecular complexity index is 6640. The maximum absolute atomic E-state index is 14.5. The number of aryl methyl sites for hydroxylation is 1. The first-order chi connectivity index (χ1) is 62.1. The van der Waals surface area contributed by atoms with E-state index in [0.29, 0.717) is 81.6 Å². The van der Waals surface area contributed by atoms with Crippen LogP contribution in [0.15, 0.2) is 325 Å². The molecule has 16 nitrogen and oxygen atoms in total. The summed E-state index contributed by atoms with van der Waals surface area (Å²) < 4.78 is 311. The van der Waals surface area contributed by atoms with E-state index in [0.717, 1.165) is 102 Å². The molecule has 36 heteroatoms. The van der Waals surface area contributed by atoms with Gasteiger partial charge in [0.15, 0.2) is 11.6 Å². The number of carbonyl (C=O) groups is 2. The molecule has 14 aromatic rings. The summed E-state index contributed by atoms with van der Waals surface area (Å²) in [6, 6.07) is 63.0. The molecular formula is C98H64F16K2O16S2. The summed E-state index contributed by atoms with van der Waals surface area (Å²) in [4.78, 5) is 23.7. The molecule has 14 aromatic carbocycles. The quantitative estimate of drug-likeness (QED) is 0.0146. The van der Waals surface area contributed by atoms with E-state index >= 15 is 0 Å². The summed E-state index contributed by atoms with van der Waals surface area (Å²) in [7, 11) is -8.57. The standard InChI is InChI=1S/C50H34F6O8S.C15H10F6O2.C14H8F2.C13H8F2O.C6H6O5S.2K/c1-4-32-6-8-33(9-7-32)43-29-31(2)5-27-44(43)64-42-26-28-45(46(30-42)65(58,59)60)63-41-20-12-35(13-21-41)47(57)34-10-18-39(19-11-34)62-40-24-16-37(17-25-40)48(49(51,52)53,50(54,55)56)36-14-22-38(61-3)23-15-36;16-14(17,18)13(15(19,20)21,9-1-5-11(22)6-2-9)10-3-7-12(23)8-4-10;1-2-10-3-5-11(6-4-10)13-9-12(15)7-8-14(13)16;14-11-5-1-9(2-6-11)13(16)10-3-7-12(15)8-4-10;7-4-1-2-5(8)6(3-4)12(9,10)11;;/h1,5-30H,2-3H3,(H,58,59,60);1-8,22-23H;1,3-9H;1-8H;1-3,7-8H,(H,9,10,11);;/q;;;;;2*+1/p-2. The van der Waals surface area contributed by atoms with Crippen LogP contribution in [0.5, 0.6) is 63.2 Å². The van der Waals surface area contributed by atoms with Gasteiger partial charge in [0.2, 0.25) is 10.8 Å². The zero-order chi connectivity index (χ0) is 96.6. The van der Waals surface area contributed by atoms with E-state index in [1.807, 2.05) is 31.2 Å². The smallest absolute Gasteiger partial charge is 0.744 e. The van der Waals surface area contributed by atoms with E-state index in [2.05, 4.69) is 11.8 Å². The second-order valence-corrected chi connectivity index (χ2v) is 30.8. The number of terminal acetylenes is 2. The van der Waals surface area contributed by atoms with Gasteiger partial charge in [-0.3, -0.25) is 9.59 Å². The zero-order valence-electron chi connectivity index (χ0n) is 69.7. The monoisotopic (exact) mass is 1940 g/mol. The van der Waals surface area contributed by atoms with Crippen LogP contribution in [0.1, 0.15) is 70.8 Å². The molecule has 0 fully saturated rings. The molecule has 0 amide bonds. The Hall–Kier alpha value is -12.1. The van der Waals surface area contributed by atoms with Gasteiger partial charge in [0.05, 0.1) is 12.0 Å². The molecule has 0 atom stereocenters. The van der Waals surface area contributed by atoms with Crippen LogP contribution < -0.4 is 122 Å². The molecule has 134 heavy (non-hydrogen) atoms. The summed E-state index contributed by atoms with van der Waals surface area (Å²) in [5.41, 5.74) is -7.11. The fourth-order valence-electron chi connectivity index (χ4n) is 13.0. The predicted octanol–water partition coefficient (Wildman–Crippen LogP) is 17.9. The van der Waals surface area contributed by atoms with Crippen molar-refractivity contribution in [2.45, 2.75) is 52.2 Å². The van der Waals surface area contributed by atoms with Crippen molar-refractivity contribution in [3.05, 3.63) is 400 Å². The molecule has 14 rings (SSSR count). The Morgan fingerprint density at radius 1 is 0.336 bits per heavy atom. The topological polar surface area (TPSA) is 266 Å². The Balaban J connectivity index is 0.000000256. The minimum absolute atomic E-state index is 0. The van der Waals surface area contributed by atoms with Crippen LogP contribution in [-0.4, -0.2) is 89.7 Å². The molecule has 4 N–H and O–H groups in total. The molecule has 0 radical (unpaired) electrons. The Labute approximate surface area is 840 Å². The van der Waals surface area contributed by atoms with E-state index in [-0.39, 0.29) is 165 Å². The fraction of sp³-hybridized carbons (Fsp3) is 0.0816. The largest absolute Gasteiger partial charge is 1.00 e. The van der Waals surface area contributed by atoms with Crippen molar-refractivity contribution in [1.29, 1.82) is 0 Å². The van der Waals surface area contributed by atoms with Gasteiger partial charge >= 0.3 is 127 Å². The average molecular weight is 1940 g/mol. The number of halogens is 16. The molecule has 0 spiro atoms. The van der Waals surface area contributed by atoms with Crippen LogP contribution in [-0.2, 0) is 31.1 Å². The first-order valence-electron chi connectivity index (χ1n) is 37.8. The predicted molar refractivity (Wildman–Crippen MR) is 451 cm³/mol. The molecular weight excluding hydrogens is 1880 g/mol. The van der Waals surface area contributed by atoms with Crippen LogP contribution in [0.2, 0.25) is 0 Å². The fourth-order valence-corrected chi connectivity index (χ4v) is 14.2. The molecule has 0 heterocycles. The van der Waals surface area contributed by atoms with Crippen LogP contribution in [0.3, 0.4) is 0 Å². The van der Waals surface area contributed by atoms with E-state index in [4.69, 9.17) is 52.2 Å². The molecule has 0 aliphatic carbocycles. The number of ether oxygens (including phenoxy) is 4. The van der Waals surface area contributed by atoms with Crippen molar-refractivity contribution in [2.24, 2.45) is 0 Å². The van der Waals surface area contributed by atoms with Gasteiger partial charge in [-0.25, -0.2) is 34.4 Å². The van der Waals surface area contributed by atoms with Gasteiger partial charge in [-0.15, -0.1) is 12.8 Å². The molecule has 678 valence electrons. The Morgan fingerprint density at radius 2 is 0.657 bits per heavy atom. The van der Waals surface area contributed by atoms with Crippen LogP contribution >= 0.6 is 0 Å². The van der Waals surface area contributed by atoms with Crippen molar-refractivity contribution < 1.29 is 248 Å². The Morgan fingerprint density at radius 3 is 1.02 bits per heavy atom. The molecule has 0 saturated heterocycles. The van der Waals surface area contributed by atoms with Crippen molar-refractivity contribution in [3.63, 3.8) is 0 Å². The SMILES string of the molecule is C#Cc1ccc(-c2cc(C)ccc2Oc2ccc(Oc3ccc(C(=O)c4ccc(Oc5ccc(C(c6ccc(OC)cc6)(C(F)(F)F)C(F)(F)F)cc5)cc4)cc3)c(S(=O)(=O)[O-])c2)cc1.C#Cc1ccc(-c2cc(F)ccc2F)cc1.O=C(c1ccc(F)cc1)c1ccc(F)cc1.O=S(=O)([O-])c1cc(O)ccc1O.Oc1ccc(C(c2ccc(O)cc2)(C(F)(F)F)C(F)(F)F)cc1.[K+].[K+]. The number of benzene rings is 14. The van der Waals surface area contributed by atoms with Gasteiger partial charge in [0.1, 0.15) is 112 Å². The number of rotatable bonds is 19. The number of aromatic hydroxyl groups is 4. The second kappa shape index (κ2) is 45.3. The van der Waals surface area contributed by atoms with Crippen LogP contribution in [0.4, 0.5) is 70.2 Å². The number of hydrogen-bond donors (Lipinski definition) is 4. The third-order valence-corrected chi connectivity index (χ3v) is 21.2. The number of ketones is 2. The van der Waals surface area contributed by atoms with E-state index in [9.17, 15) is 106 Å². The number of phenols is 4. The summed E-state index contributed by atoms with van der Waals surface area (Å²) in [6.45, 7) is 1.90. The van der Waals surface area contributed by atoms with E-state index in [1.165, 1.54) is 122 Å². The van der Waals surface area contributed by atoms with E-state index in [1.54, 1.807) is 42.5 Å². The summed E-state index contributed by atoms with van der Waals surface area (Å²) in [5.74, 6) is 1.02. The molecule has 0 bridgehead atoms. The van der Waals surface area contributed by atoms with Crippen molar-refractivity contribution in [2.75, 3.05) is 7.11 Å². The molecule has 0 aliphatic rings. The number of alkyl halides is 12. The molecule has 0 unspecified atom stereocenters. The van der Waals surface area contributed by atoms with Crippen molar-refractivity contribution >= 4 is 31.8 Å². The van der Waals surface area contributed by atoms with Gasteiger partial charge in [-0.1, -0.05) is 96.3 Å². The maximum Gasteiger partial charge on any atom is 1.00 e. The third kappa shape index (κ3) is 26.3. The van der Waals surface area contributed by atoms with E-state index < -0.39 is 134 Å². The van der Waals surface area contributed by atoms with Gasteiger partial charge in [0.25, 0.3) is 0 Å². The second-order valence-electron chi connectivity index (χ2n) is 28.1. The number of methoxy groups -OCH3 is 1. The van der Waals surface area contributed by atoms with Gasteiger partial charge < -0.3 is 48.5 Å². The minimum Gasteiger partial charge on any atom is -0.744 e. The summed E-state index contributed by atoms with van der Waals surface area (Å²) in [5, 5.41) is 35.9. The molecule has 0 saturated carbocycles. The van der Waals surface area contributed by atoms with Crippen LogP contribution in [0.25, 0.3) is 22.3 Å². The number of phenolic OH excluding ortho intramolecular Hbond substituents is 4. The van der Waals surface area contributed by atoms with Crippen LogP contribution in [0, 0.1) is 54.9 Å². The first kappa shape index (κ1) is 107. The zero-order valence-corrected chi connectivity index (χ0v) is 77.6. The average Bonchev–Trinajstić information content (AvgIpc) is 0.719. The number of carbonyl (C=O) groups excluding carboxylic acids is 2. The Kier molecular flexibility index (Phi) is 36.3. The minimum atomic E-state index is -5.78. The first-order valence-corrected chi connectivity index (χ1v) is 40.6. The van der Waals surface area contributed by atoms with Gasteiger partial charge in [-0.2, -0.15) is 52.7 Å². The van der Waals surface area contributed by atoms with Gasteiger partial charge in [0, 0.05) is 56.6 Å². The summed E-state index contributed by atoms with van der Waals surface area (Å²) in [6.07, 6.45) is -12.3. The third-order valence-electron chi connectivity index (χ3n) is 19.4. The number of hydrogen-bond acceptors (Lipinski definition) is 16. The normalized spacial score (nSPS) is 11.4. The maximum atomic E-state index is 14.5.